The Hall–Kier alpha value is -2.34. The molecule has 0 aliphatic heterocycles. The van der Waals surface area contributed by atoms with E-state index in [9.17, 15) is 0 Å². The topological polar surface area (TPSA) is 0 Å². The molecule has 0 unspecified atom stereocenters. The van der Waals surface area contributed by atoms with Crippen molar-refractivity contribution >= 4 is 0 Å². The SMILES string of the molecule is Cc1ccc(C)c2c1Cc1cc(-c3ccccc3)ccc1-2. The maximum Gasteiger partial charge on any atom is -0.00105 e. The van der Waals surface area contributed by atoms with Gasteiger partial charge in [0.2, 0.25) is 0 Å². The van der Waals surface area contributed by atoms with Crippen LogP contribution in [0.4, 0.5) is 0 Å². The van der Waals surface area contributed by atoms with Gasteiger partial charge in [0.15, 0.2) is 0 Å². The first-order valence-electron chi connectivity index (χ1n) is 7.52. The third-order valence-electron chi connectivity index (χ3n) is 4.60. The zero-order valence-corrected chi connectivity index (χ0v) is 12.5. The van der Waals surface area contributed by atoms with Gasteiger partial charge in [0.1, 0.15) is 0 Å². The Labute approximate surface area is 126 Å². The predicted octanol–water partition coefficient (Wildman–Crippen LogP) is 5.54. The molecule has 21 heavy (non-hydrogen) atoms. The monoisotopic (exact) mass is 270 g/mol. The molecule has 1 aliphatic carbocycles. The zero-order chi connectivity index (χ0) is 14.4. The molecule has 0 heteroatoms. The fourth-order valence-corrected chi connectivity index (χ4v) is 3.46. The molecule has 0 amide bonds. The summed E-state index contributed by atoms with van der Waals surface area (Å²) in [6, 6.07) is 22.0. The maximum atomic E-state index is 2.36. The molecule has 3 aromatic carbocycles. The van der Waals surface area contributed by atoms with Crippen molar-refractivity contribution in [2.75, 3.05) is 0 Å². The molecule has 0 heterocycles. The van der Waals surface area contributed by atoms with E-state index in [0.29, 0.717) is 0 Å². The van der Waals surface area contributed by atoms with Gasteiger partial charge in [0.25, 0.3) is 0 Å². The lowest BCUT2D eigenvalue weighted by molar-refractivity contribution is 1.21. The lowest BCUT2D eigenvalue weighted by Crippen LogP contribution is -1.88. The van der Waals surface area contributed by atoms with E-state index in [1.165, 1.54) is 44.5 Å². The van der Waals surface area contributed by atoms with Crippen molar-refractivity contribution in [3.8, 4) is 22.3 Å². The van der Waals surface area contributed by atoms with Crippen LogP contribution in [0.25, 0.3) is 22.3 Å². The van der Waals surface area contributed by atoms with E-state index in [1.54, 1.807) is 0 Å². The quantitative estimate of drug-likeness (QED) is 0.426. The van der Waals surface area contributed by atoms with Gasteiger partial charge in [-0.15, -0.1) is 0 Å². The fraction of sp³-hybridized carbons (Fsp3) is 0.143. The normalized spacial score (nSPS) is 12.1. The first-order valence-corrected chi connectivity index (χ1v) is 7.52. The van der Waals surface area contributed by atoms with Gasteiger partial charge in [-0.2, -0.15) is 0 Å². The van der Waals surface area contributed by atoms with Crippen LogP contribution >= 0.6 is 0 Å². The summed E-state index contributed by atoms with van der Waals surface area (Å²) in [5, 5.41) is 0. The second-order valence-corrected chi connectivity index (χ2v) is 5.97. The molecule has 3 aromatic rings. The molecule has 0 N–H and O–H groups in total. The van der Waals surface area contributed by atoms with Crippen LogP contribution in [-0.2, 0) is 6.42 Å². The van der Waals surface area contributed by atoms with Crippen LogP contribution in [-0.4, -0.2) is 0 Å². The highest BCUT2D eigenvalue weighted by molar-refractivity contribution is 5.83. The summed E-state index contributed by atoms with van der Waals surface area (Å²) in [6.45, 7) is 4.45. The van der Waals surface area contributed by atoms with Gasteiger partial charge in [-0.05, 0) is 64.8 Å². The van der Waals surface area contributed by atoms with E-state index in [4.69, 9.17) is 0 Å². The molecular weight excluding hydrogens is 252 g/mol. The Morgan fingerprint density at radius 2 is 1.48 bits per heavy atom. The molecule has 0 bridgehead atoms. The molecule has 4 rings (SSSR count). The van der Waals surface area contributed by atoms with Crippen molar-refractivity contribution in [1.29, 1.82) is 0 Å². The van der Waals surface area contributed by atoms with E-state index >= 15 is 0 Å². The van der Waals surface area contributed by atoms with Crippen molar-refractivity contribution in [2.24, 2.45) is 0 Å². The first kappa shape index (κ1) is 12.4. The average Bonchev–Trinajstić information content (AvgIpc) is 2.91. The Kier molecular flexibility index (Phi) is 2.71. The molecular formula is C21H18. The van der Waals surface area contributed by atoms with Crippen LogP contribution in [0.1, 0.15) is 22.3 Å². The predicted molar refractivity (Wildman–Crippen MR) is 89.6 cm³/mol. The average molecular weight is 270 g/mol. The second-order valence-electron chi connectivity index (χ2n) is 5.97. The molecule has 1 aliphatic rings. The van der Waals surface area contributed by atoms with Crippen molar-refractivity contribution in [3.05, 3.63) is 82.9 Å². The van der Waals surface area contributed by atoms with E-state index in [2.05, 4.69) is 74.5 Å². The lowest BCUT2D eigenvalue weighted by Gasteiger charge is -2.08. The molecule has 0 atom stereocenters. The smallest absolute Gasteiger partial charge is 0.00105 e. The van der Waals surface area contributed by atoms with Crippen molar-refractivity contribution in [1.82, 2.24) is 0 Å². The molecule has 0 radical (unpaired) electrons. The van der Waals surface area contributed by atoms with Gasteiger partial charge in [-0.3, -0.25) is 0 Å². The summed E-state index contributed by atoms with van der Waals surface area (Å²) in [4.78, 5) is 0. The van der Waals surface area contributed by atoms with E-state index < -0.39 is 0 Å². The van der Waals surface area contributed by atoms with Crippen LogP contribution in [0.15, 0.2) is 60.7 Å². The van der Waals surface area contributed by atoms with Gasteiger partial charge in [-0.25, -0.2) is 0 Å². The summed E-state index contributed by atoms with van der Waals surface area (Å²) in [6.07, 6.45) is 1.07. The van der Waals surface area contributed by atoms with Crippen LogP contribution in [0, 0.1) is 13.8 Å². The van der Waals surface area contributed by atoms with Crippen LogP contribution < -0.4 is 0 Å². The number of hydrogen-bond acceptors (Lipinski definition) is 0. The summed E-state index contributed by atoms with van der Waals surface area (Å²) in [5.41, 5.74) is 11.3. The summed E-state index contributed by atoms with van der Waals surface area (Å²) in [7, 11) is 0. The Morgan fingerprint density at radius 1 is 0.714 bits per heavy atom. The summed E-state index contributed by atoms with van der Waals surface area (Å²) in [5.74, 6) is 0. The number of rotatable bonds is 1. The van der Waals surface area contributed by atoms with Gasteiger partial charge >= 0.3 is 0 Å². The van der Waals surface area contributed by atoms with E-state index in [1.807, 2.05) is 0 Å². The molecule has 0 saturated heterocycles. The third kappa shape index (κ3) is 1.91. The minimum Gasteiger partial charge on any atom is -0.0622 e. The molecule has 102 valence electrons. The lowest BCUT2D eigenvalue weighted by atomic mass is 9.96. The standard InChI is InChI=1S/C21H18/c1-14-8-9-15(2)21-19-11-10-17(12-18(19)13-20(14)21)16-6-4-3-5-7-16/h3-12H,13H2,1-2H3. The largest absolute Gasteiger partial charge is 0.0622 e. The minimum absolute atomic E-state index is 1.07. The number of benzene rings is 3. The van der Waals surface area contributed by atoms with Gasteiger partial charge in [-0.1, -0.05) is 60.7 Å². The maximum absolute atomic E-state index is 2.36. The summed E-state index contributed by atoms with van der Waals surface area (Å²) >= 11 is 0. The van der Waals surface area contributed by atoms with E-state index in [-0.39, 0.29) is 0 Å². The molecule has 0 aromatic heterocycles. The highest BCUT2D eigenvalue weighted by Crippen LogP contribution is 2.41. The Morgan fingerprint density at radius 3 is 2.29 bits per heavy atom. The molecule has 0 saturated carbocycles. The molecule has 0 nitrogen and oxygen atoms in total. The van der Waals surface area contributed by atoms with Crippen molar-refractivity contribution in [2.45, 2.75) is 20.3 Å². The zero-order valence-electron chi connectivity index (χ0n) is 12.5. The fourth-order valence-electron chi connectivity index (χ4n) is 3.46. The highest BCUT2D eigenvalue weighted by atomic mass is 14.3. The van der Waals surface area contributed by atoms with Crippen molar-refractivity contribution in [3.63, 3.8) is 0 Å². The van der Waals surface area contributed by atoms with E-state index in [0.717, 1.165) is 6.42 Å². The Balaban J connectivity index is 1.88. The molecule has 0 spiro atoms. The Bertz CT molecular complexity index is 826. The number of hydrogen-bond donors (Lipinski definition) is 0. The number of aryl methyl sites for hydroxylation is 2. The van der Waals surface area contributed by atoms with Crippen LogP contribution in [0.5, 0.6) is 0 Å². The first-order chi connectivity index (χ1) is 10.2. The summed E-state index contributed by atoms with van der Waals surface area (Å²) < 4.78 is 0. The minimum atomic E-state index is 1.07. The van der Waals surface area contributed by atoms with Crippen LogP contribution in [0.2, 0.25) is 0 Å². The van der Waals surface area contributed by atoms with Gasteiger partial charge in [0, 0.05) is 0 Å². The second kappa shape index (κ2) is 4.60. The van der Waals surface area contributed by atoms with Crippen molar-refractivity contribution < 1.29 is 0 Å². The van der Waals surface area contributed by atoms with Crippen LogP contribution in [0.3, 0.4) is 0 Å². The van der Waals surface area contributed by atoms with Gasteiger partial charge in [0.05, 0.1) is 0 Å². The molecule has 0 fully saturated rings. The van der Waals surface area contributed by atoms with Gasteiger partial charge < -0.3 is 0 Å². The third-order valence-corrected chi connectivity index (χ3v) is 4.60. The number of fused-ring (bicyclic) bond motifs is 3. The highest BCUT2D eigenvalue weighted by Gasteiger charge is 2.21.